The van der Waals surface area contributed by atoms with Crippen LogP contribution in [0.25, 0.3) is 0 Å². The Hall–Kier alpha value is -2.24. The van der Waals surface area contributed by atoms with Gasteiger partial charge in [-0.05, 0) is 37.1 Å². The molecule has 0 spiro atoms. The first kappa shape index (κ1) is 16.2. The SMILES string of the molecule is COc1ccc(N2CCN(C(=O)C3CC(=O)N(C4CC4)C3)CC2)cc1. The van der Waals surface area contributed by atoms with Crippen LogP contribution >= 0.6 is 0 Å². The number of rotatable bonds is 4. The maximum atomic E-state index is 12.8. The Morgan fingerprint density at radius 1 is 1.08 bits per heavy atom. The van der Waals surface area contributed by atoms with Crippen molar-refractivity contribution in [1.29, 1.82) is 0 Å². The lowest BCUT2D eigenvalue weighted by Crippen LogP contribution is -2.50. The van der Waals surface area contributed by atoms with Crippen molar-refractivity contribution in [1.82, 2.24) is 9.80 Å². The predicted molar refractivity (Wildman–Crippen MR) is 94.6 cm³/mol. The summed E-state index contributed by atoms with van der Waals surface area (Å²) in [5, 5.41) is 0. The van der Waals surface area contributed by atoms with Gasteiger partial charge in [-0.3, -0.25) is 9.59 Å². The van der Waals surface area contributed by atoms with Gasteiger partial charge >= 0.3 is 0 Å². The number of amides is 2. The summed E-state index contributed by atoms with van der Waals surface area (Å²) >= 11 is 0. The Bertz CT molecular complexity index is 648. The number of hydrogen-bond acceptors (Lipinski definition) is 4. The summed E-state index contributed by atoms with van der Waals surface area (Å²) < 4.78 is 5.20. The summed E-state index contributed by atoms with van der Waals surface area (Å²) in [4.78, 5) is 31.0. The third-order valence-electron chi connectivity index (χ3n) is 5.52. The molecule has 25 heavy (non-hydrogen) atoms. The van der Waals surface area contributed by atoms with E-state index in [9.17, 15) is 9.59 Å². The van der Waals surface area contributed by atoms with E-state index in [4.69, 9.17) is 4.74 Å². The van der Waals surface area contributed by atoms with E-state index in [0.29, 0.717) is 19.0 Å². The Kier molecular flexibility index (Phi) is 4.27. The van der Waals surface area contributed by atoms with Crippen LogP contribution in [0.5, 0.6) is 5.75 Å². The molecule has 0 bridgehead atoms. The molecule has 1 atom stereocenters. The molecule has 4 rings (SSSR count). The normalized spacial score (nSPS) is 24.0. The quantitative estimate of drug-likeness (QED) is 0.828. The van der Waals surface area contributed by atoms with Crippen molar-refractivity contribution in [3.8, 4) is 5.75 Å². The lowest BCUT2D eigenvalue weighted by Gasteiger charge is -2.37. The minimum absolute atomic E-state index is 0.138. The smallest absolute Gasteiger partial charge is 0.228 e. The van der Waals surface area contributed by atoms with Crippen molar-refractivity contribution >= 4 is 17.5 Å². The van der Waals surface area contributed by atoms with E-state index in [0.717, 1.165) is 50.5 Å². The van der Waals surface area contributed by atoms with Gasteiger partial charge in [-0.25, -0.2) is 0 Å². The minimum atomic E-state index is -0.138. The number of methoxy groups -OCH3 is 1. The van der Waals surface area contributed by atoms with Crippen LogP contribution in [-0.2, 0) is 9.59 Å². The van der Waals surface area contributed by atoms with Crippen LogP contribution in [0, 0.1) is 5.92 Å². The summed E-state index contributed by atoms with van der Waals surface area (Å²) in [7, 11) is 1.66. The fourth-order valence-corrected chi connectivity index (χ4v) is 3.87. The fourth-order valence-electron chi connectivity index (χ4n) is 3.87. The van der Waals surface area contributed by atoms with Crippen LogP contribution in [0.4, 0.5) is 5.69 Å². The largest absolute Gasteiger partial charge is 0.497 e. The minimum Gasteiger partial charge on any atom is -0.497 e. The second kappa shape index (κ2) is 6.58. The molecule has 1 aromatic rings. The Labute approximate surface area is 148 Å². The monoisotopic (exact) mass is 343 g/mol. The molecular weight excluding hydrogens is 318 g/mol. The van der Waals surface area contributed by atoms with Crippen LogP contribution < -0.4 is 9.64 Å². The predicted octanol–water partition coefficient (Wildman–Crippen LogP) is 1.35. The lowest BCUT2D eigenvalue weighted by atomic mass is 10.1. The number of benzene rings is 1. The molecule has 1 aliphatic carbocycles. The first-order chi connectivity index (χ1) is 12.2. The third kappa shape index (κ3) is 3.30. The van der Waals surface area contributed by atoms with E-state index in [2.05, 4.69) is 17.0 Å². The van der Waals surface area contributed by atoms with Gasteiger partial charge in [-0.15, -0.1) is 0 Å². The number of ether oxygens (including phenoxy) is 1. The van der Waals surface area contributed by atoms with Crippen molar-refractivity contribution in [3.05, 3.63) is 24.3 Å². The highest BCUT2D eigenvalue weighted by molar-refractivity contribution is 5.89. The summed E-state index contributed by atoms with van der Waals surface area (Å²) in [6.07, 6.45) is 2.61. The third-order valence-corrected chi connectivity index (χ3v) is 5.52. The van der Waals surface area contributed by atoms with Crippen molar-refractivity contribution in [2.45, 2.75) is 25.3 Å². The van der Waals surface area contributed by atoms with Gasteiger partial charge in [0.15, 0.2) is 0 Å². The zero-order chi connectivity index (χ0) is 17.4. The summed E-state index contributed by atoms with van der Waals surface area (Å²) in [5.41, 5.74) is 1.16. The zero-order valence-corrected chi connectivity index (χ0v) is 14.7. The van der Waals surface area contributed by atoms with Crippen molar-refractivity contribution < 1.29 is 14.3 Å². The van der Waals surface area contributed by atoms with Gasteiger partial charge in [0.25, 0.3) is 0 Å². The van der Waals surface area contributed by atoms with Crippen LogP contribution in [-0.4, -0.2) is 67.5 Å². The molecular formula is C19H25N3O3. The molecule has 0 radical (unpaired) electrons. The number of hydrogen-bond donors (Lipinski definition) is 0. The molecule has 0 N–H and O–H groups in total. The highest BCUT2D eigenvalue weighted by Gasteiger charge is 2.43. The van der Waals surface area contributed by atoms with Gasteiger partial charge in [-0.1, -0.05) is 0 Å². The van der Waals surface area contributed by atoms with Crippen LogP contribution in [0.3, 0.4) is 0 Å². The van der Waals surface area contributed by atoms with E-state index >= 15 is 0 Å². The van der Waals surface area contributed by atoms with E-state index in [1.54, 1.807) is 7.11 Å². The zero-order valence-electron chi connectivity index (χ0n) is 14.7. The second-order valence-electron chi connectivity index (χ2n) is 7.19. The number of anilines is 1. The highest BCUT2D eigenvalue weighted by Crippen LogP contribution is 2.33. The maximum absolute atomic E-state index is 12.8. The average molecular weight is 343 g/mol. The molecule has 2 saturated heterocycles. The Balaban J connectivity index is 1.32. The van der Waals surface area contributed by atoms with Gasteiger partial charge in [0.2, 0.25) is 11.8 Å². The molecule has 6 nitrogen and oxygen atoms in total. The molecule has 2 aliphatic heterocycles. The average Bonchev–Trinajstić information content (AvgIpc) is 3.43. The molecule has 3 aliphatic rings. The molecule has 134 valence electrons. The summed E-state index contributed by atoms with van der Waals surface area (Å²) in [6, 6.07) is 8.45. The number of nitrogens with zero attached hydrogens (tertiary/aromatic N) is 3. The van der Waals surface area contributed by atoms with Gasteiger partial charge in [-0.2, -0.15) is 0 Å². The number of likely N-dealkylation sites (tertiary alicyclic amines) is 1. The number of carbonyl (C=O) groups is 2. The molecule has 6 heteroatoms. The highest BCUT2D eigenvalue weighted by atomic mass is 16.5. The van der Waals surface area contributed by atoms with E-state index in [1.807, 2.05) is 21.9 Å². The fraction of sp³-hybridized carbons (Fsp3) is 0.579. The molecule has 1 aromatic carbocycles. The van der Waals surface area contributed by atoms with Gasteiger partial charge in [0.1, 0.15) is 5.75 Å². The van der Waals surface area contributed by atoms with Gasteiger partial charge in [0.05, 0.1) is 13.0 Å². The Morgan fingerprint density at radius 2 is 1.76 bits per heavy atom. The molecule has 1 unspecified atom stereocenters. The first-order valence-electron chi connectivity index (χ1n) is 9.13. The second-order valence-corrected chi connectivity index (χ2v) is 7.19. The van der Waals surface area contributed by atoms with E-state index in [1.165, 1.54) is 0 Å². The first-order valence-corrected chi connectivity index (χ1v) is 9.13. The van der Waals surface area contributed by atoms with E-state index < -0.39 is 0 Å². The van der Waals surface area contributed by atoms with Crippen molar-refractivity contribution in [3.63, 3.8) is 0 Å². The topological polar surface area (TPSA) is 53.1 Å². The van der Waals surface area contributed by atoms with Crippen molar-refractivity contribution in [2.75, 3.05) is 44.7 Å². The lowest BCUT2D eigenvalue weighted by molar-refractivity contribution is -0.136. The van der Waals surface area contributed by atoms with Gasteiger partial charge in [0, 0.05) is 50.9 Å². The number of carbonyl (C=O) groups excluding carboxylic acids is 2. The Morgan fingerprint density at radius 3 is 2.36 bits per heavy atom. The van der Waals surface area contributed by atoms with Gasteiger partial charge < -0.3 is 19.4 Å². The molecule has 2 heterocycles. The van der Waals surface area contributed by atoms with Crippen LogP contribution in [0.2, 0.25) is 0 Å². The van der Waals surface area contributed by atoms with Crippen molar-refractivity contribution in [2.24, 2.45) is 5.92 Å². The van der Waals surface area contributed by atoms with E-state index in [-0.39, 0.29) is 17.7 Å². The molecule has 3 fully saturated rings. The molecule has 2 amide bonds. The molecule has 0 aromatic heterocycles. The standard InChI is InChI=1S/C19H25N3O3/c1-25-17-6-4-15(5-7-17)20-8-10-21(11-9-20)19(24)14-12-18(23)22(13-14)16-2-3-16/h4-7,14,16H,2-3,8-13H2,1H3. The van der Waals surface area contributed by atoms with Crippen LogP contribution in [0.15, 0.2) is 24.3 Å². The maximum Gasteiger partial charge on any atom is 0.228 e. The summed E-state index contributed by atoms with van der Waals surface area (Å²) in [5.74, 6) is 1.04. The van der Waals surface area contributed by atoms with Crippen LogP contribution in [0.1, 0.15) is 19.3 Å². The number of piperazine rings is 1. The summed E-state index contributed by atoms with van der Waals surface area (Å²) in [6.45, 7) is 3.72. The molecule has 1 saturated carbocycles.